The van der Waals surface area contributed by atoms with Crippen LogP contribution in [0.3, 0.4) is 0 Å². The zero-order valence-electron chi connectivity index (χ0n) is 13.1. The Labute approximate surface area is 125 Å². The molecule has 5 heteroatoms. The van der Waals surface area contributed by atoms with E-state index in [1.807, 2.05) is 13.0 Å². The average molecular weight is 291 g/mol. The van der Waals surface area contributed by atoms with Gasteiger partial charge >= 0.3 is 0 Å². The summed E-state index contributed by atoms with van der Waals surface area (Å²) in [5.41, 5.74) is 1.05. The lowest BCUT2D eigenvalue weighted by Gasteiger charge is -2.28. The molecule has 116 valence electrons. The number of hydrogen-bond donors (Lipinski definition) is 2. The van der Waals surface area contributed by atoms with Crippen molar-refractivity contribution in [3.63, 3.8) is 0 Å². The molecule has 1 aliphatic heterocycles. The van der Waals surface area contributed by atoms with Crippen LogP contribution in [0.4, 0.5) is 5.69 Å². The lowest BCUT2D eigenvalue weighted by molar-refractivity contribution is -0.117. The fourth-order valence-corrected chi connectivity index (χ4v) is 2.89. The van der Waals surface area contributed by atoms with Crippen LogP contribution in [0.25, 0.3) is 0 Å². The summed E-state index contributed by atoms with van der Waals surface area (Å²) < 4.78 is 1.48. The Morgan fingerprint density at radius 1 is 1.57 bits per heavy atom. The van der Waals surface area contributed by atoms with Crippen LogP contribution in [-0.2, 0) is 11.8 Å². The number of aromatic nitrogens is 1. The van der Waals surface area contributed by atoms with Gasteiger partial charge in [-0.3, -0.25) is 9.59 Å². The van der Waals surface area contributed by atoms with Gasteiger partial charge in [-0.1, -0.05) is 6.92 Å². The molecule has 0 aliphatic carbocycles. The van der Waals surface area contributed by atoms with Crippen molar-refractivity contribution < 1.29 is 4.79 Å². The summed E-state index contributed by atoms with van der Waals surface area (Å²) in [6.07, 6.45) is 4.52. The predicted molar refractivity (Wildman–Crippen MR) is 84.4 cm³/mol. The molecule has 0 radical (unpaired) electrons. The quantitative estimate of drug-likeness (QED) is 0.887. The first-order valence-corrected chi connectivity index (χ1v) is 7.66. The van der Waals surface area contributed by atoms with Crippen molar-refractivity contribution in [3.05, 3.63) is 28.2 Å². The van der Waals surface area contributed by atoms with E-state index in [0.29, 0.717) is 23.9 Å². The first-order chi connectivity index (χ1) is 9.99. The van der Waals surface area contributed by atoms with Crippen molar-refractivity contribution in [2.24, 2.45) is 18.9 Å². The van der Waals surface area contributed by atoms with Gasteiger partial charge in [-0.15, -0.1) is 0 Å². The number of amides is 1. The Bertz CT molecular complexity index is 559. The number of aryl methyl sites for hydroxylation is 2. The molecular weight excluding hydrogens is 266 g/mol. The maximum atomic E-state index is 12.2. The molecule has 2 atom stereocenters. The van der Waals surface area contributed by atoms with Gasteiger partial charge in [0, 0.05) is 19.7 Å². The van der Waals surface area contributed by atoms with E-state index in [1.165, 1.54) is 17.4 Å². The molecule has 2 heterocycles. The zero-order valence-corrected chi connectivity index (χ0v) is 13.1. The van der Waals surface area contributed by atoms with Gasteiger partial charge in [0.2, 0.25) is 5.91 Å². The first kappa shape index (κ1) is 15.8. The summed E-state index contributed by atoms with van der Waals surface area (Å²) >= 11 is 0. The van der Waals surface area contributed by atoms with Crippen LogP contribution in [0.5, 0.6) is 0 Å². The van der Waals surface area contributed by atoms with E-state index in [9.17, 15) is 9.59 Å². The Hall–Kier alpha value is -1.62. The minimum absolute atomic E-state index is 0.0699. The van der Waals surface area contributed by atoms with E-state index < -0.39 is 0 Å². The van der Waals surface area contributed by atoms with Crippen molar-refractivity contribution in [2.45, 2.75) is 33.1 Å². The van der Waals surface area contributed by atoms with E-state index >= 15 is 0 Å². The van der Waals surface area contributed by atoms with Gasteiger partial charge in [-0.05, 0) is 56.3 Å². The molecule has 1 amide bonds. The van der Waals surface area contributed by atoms with E-state index in [0.717, 1.165) is 18.7 Å². The minimum Gasteiger partial charge on any atom is -0.321 e. The molecule has 1 aliphatic rings. The molecule has 2 unspecified atom stereocenters. The third-order valence-corrected chi connectivity index (χ3v) is 4.39. The number of pyridine rings is 1. The second kappa shape index (κ2) is 6.89. The summed E-state index contributed by atoms with van der Waals surface area (Å²) in [4.78, 5) is 24.3. The smallest absolute Gasteiger partial charge is 0.274 e. The Morgan fingerprint density at radius 3 is 3.00 bits per heavy atom. The molecule has 1 aromatic heterocycles. The van der Waals surface area contributed by atoms with Crippen molar-refractivity contribution in [3.8, 4) is 0 Å². The van der Waals surface area contributed by atoms with Crippen LogP contribution in [0, 0.1) is 18.8 Å². The minimum atomic E-state index is -0.157. The van der Waals surface area contributed by atoms with Crippen LogP contribution in [0.15, 0.2) is 17.1 Å². The van der Waals surface area contributed by atoms with Crippen molar-refractivity contribution in [1.82, 2.24) is 9.88 Å². The Morgan fingerprint density at radius 2 is 2.33 bits per heavy atom. The fourth-order valence-electron chi connectivity index (χ4n) is 2.89. The van der Waals surface area contributed by atoms with Crippen molar-refractivity contribution >= 4 is 11.6 Å². The second-order valence-corrected chi connectivity index (χ2v) is 6.13. The highest BCUT2D eigenvalue weighted by atomic mass is 16.2. The highest BCUT2D eigenvalue weighted by Crippen LogP contribution is 2.23. The van der Waals surface area contributed by atoms with E-state index in [-0.39, 0.29) is 11.5 Å². The highest BCUT2D eigenvalue weighted by molar-refractivity contribution is 5.91. The molecule has 0 bridgehead atoms. The number of nitrogens with one attached hydrogen (secondary N) is 2. The summed E-state index contributed by atoms with van der Waals surface area (Å²) in [5.74, 6) is 0.800. The monoisotopic (exact) mass is 291 g/mol. The maximum Gasteiger partial charge on any atom is 0.274 e. The number of piperidine rings is 1. The van der Waals surface area contributed by atoms with E-state index in [1.54, 1.807) is 13.2 Å². The number of hydrogen-bond acceptors (Lipinski definition) is 3. The number of carbonyl (C=O) groups excluding carboxylic acids is 1. The summed E-state index contributed by atoms with van der Waals surface area (Å²) in [7, 11) is 1.69. The normalized spacial score (nSPS) is 20.0. The van der Waals surface area contributed by atoms with E-state index in [4.69, 9.17) is 0 Å². The molecule has 1 fully saturated rings. The van der Waals surface area contributed by atoms with Crippen LogP contribution in [0.2, 0.25) is 0 Å². The van der Waals surface area contributed by atoms with E-state index in [2.05, 4.69) is 17.6 Å². The number of nitrogens with zero attached hydrogens (tertiary/aromatic N) is 1. The lowest BCUT2D eigenvalue weighted by Crippen LogP contribution is -2.35. The number of carbonyl (C=O) groups is 1. The largest absolute Gasteiger partial charge is 0.321 e. The summed E-state index contributed by atoms with van der Waals surface area (Å²) in [6.45, 7) is 6.02. The SMILES string of the molecule is Cc1ccn(C)c(=O)c1NC(=O)CC(C)C1CCCNC1. The third-order valence-electron chi connectivity index (χ3n) is 4.39. The van der Waals surface area contributed by atoms with Crippen molar-refractivity contribution in [1.29, 1.82) is 0 Å². The van der Waals surface area contributed by atoms with Gasteiger partial charge < -0.3 is 15.2 Å². The third kappa shape index (κ3) is 3.94. The van der Waals surface area contributed by atoms with Crippen LogP contribution >= 0.6 is 0 Å². The molecule has 0 spiro atoms. The van der Waals surface area contributed by atoms with Gasteiger partial charge in [-0.25, -0.2) is 0 Å². The molecule has 2 N–H and O–H groups in total. The fraction of sp³-hybridized carbons (Fsp3) is 0.625. The lowest BCUT2D eigenvalue weighted by atomic mass is 9.85. The first-order valence-electron chi connectivity index (χ1n) is 7.66. The molecule has 5 nitrogen and oxygen atoms in total. The molecule has 1 aromatic rings. The van der Waals surface area contributed by atoms with Crippen LogP contribution in [-0.4, -0.2) is 23.6 Å². The van der Waals surface area contributed by atoms with Crippen molar-refractivity contribution in [2.75, 3.05) is 18.4 Å². The number of rotatable bonds is 4. The predicted octanol–water partition coefficient (Wildman–Crippen LogP) is 1.66. The molecule has 0 aromatic carbocycles. The molecule has 21 heavy (non-hydrogen) atoms. The standard InChI is InChI=1S/C16H25N3O2/c1-11-6-8-19(3)16(21)15(11)18-14(20)9-12(2)13-5-4-7-17-10-13/h6,8,12-13,17H,4-5,7,9-10H2,1-3H3,(H,18,20). The highest BCUT2D eigenvalue weighted by Gasteiger charge is 2.22. The molecular formula is C16H25N3O2. The topological polar surface area (TPSA) is 63.1 Å². The maximum absolute atomic E-state index is 12.2. The molecule has 0 saturated carbocycles. The Kier molecular flexibility index (Phi) is 5.17. The van der Waals surface area contributed by atoms with Crippen LogP contribution < -0.4 is 16.2 Å². The van der Waals surface area contributed by atoms with Gasteiger partial charge in [0.05, 0.1) is 0 Å². The average Bonchev–Trinajstić information content (AvgIpc) is 2.48. The molecule has 1 saturated heterocycles. The zero-order chi connectivity index (χ0) is 15.4. The Balaban J connectivity index is 1.98. The van der Waals surface area contributed by atoms with Gasteiger partial charge in [0.1, 0.15) is 5.69 Å². The van der Waals surface area contributed by atoms with Gasteiger partial charge in [0.15, 0.2) is 0 Å². The summed E-state index contributed by atoms with van der Waals surface area (Å²) in [5, 5.41) is 6.18. The second-order valence-electron chi connectivity index (χ2n) is 6.13. The molecule has 2 rings (SSSR count). The van der Waals surface area contributed by atoms with Gasteiger partial charge in [-0.2, -0.15) is 0 Å². The summed E-state index contributed by atoms with van der Waals surface area (Å²) in [6, 6.07) is 1.84. The van der Waals surface area contributed by atoms with Crippen LogP contribution in [0.1, 0.15) is 31.7 Å². The van der Waals surface area contributed by atoms with Gasteiger partial charge in [0.25, 0.3) is 5.56 Å². The number of anilines is 1.